The standard InChI is InChI=1S/C30H40N4O7S/c1-21(2)40-29(36)23(4)34(24-10-12-25(13-11-24)41-30(37)32-19-17-31(5)18-20-32)28(35)27-7-6-16-33(27)42(38,39)26-14-8-22(3)9-15-26/h8-15,21,23,27H,6-7,16-20H2,1-5H3/t23-,27-/m0/s1. The van der Waals surface area contributed by atoms with E-state index in [-0.39, 0.29) is 17.2 Å². The van der Waals surface area contributed by atoms with E-state index in [9.17, 15) is 22.8 Å². The van der Waals surface area contributed by atoms with Crippen molar-refractivity contribution < 1.29 is 32.3 Å². The third-order valence-electron chi connectivity index (χ3n) is 7.52. The summed E-state index contributed by atoms with van der Waals surface area (Å²) in [4.78, 5) is 44.9. The average molecular weight is 601 g/mol. The summed E-state index contributed by atoms with van der Waals surface area (Å²) in [6, 6.07) is 10.7. The van der Waals surface area contributed by atoms with E-state index in [1.54, 1.807) is 62.1 Å². The second kappa shape index (κ2) is 13.2. The number of ether oxygens (including phenoxy) is 2. The lowest BCUT2D eigenvalue weighted by Gasteiger charge is -2.33. The molecule has 0 radical (unpaired) electrons. The van der Waals surface area contributed by atoms with Crippen molar-refractivity contribution in [3.05, 3.63) is 54.1 Å². The van der Waals surface area contributed by atoms with Crippen LogP contribution in [0.25, 0.3) is 0 Å². The molecule has 42 heavy (non-hydrogen) atoms. The Hall–Kier alpha value is -3.48. The van der Waals surface area contributed by atoms with Crippen LogP contribution in [0.15, 0.2) is 53.4 Å². The maximum absolute atomic E-state index is 14.1. The lowest BCUT2D eigenvalue weighted by Crippen LogP contribution is -2.53. The number of aryl methyl sites for hydroxylation is 1. The van der Waals surface area contributed by atoms with E-state index in [1.165, 1.54) is 21.3 Å². The molecule has 12 heteroatoms. The lowest BCUT2D eigenvalue weighted by molar-refractivity contribution is -0.149. The summed E-state index contributed by atoms with van der Waals surface area (Å²) in [5.74, 6) is -0.856. The molecule has 0 aliphatic carbocycles. The van der Waals surface area contributed by atoms with Gasteiger partial charge in [0.15, 0.2) is 0 Å². The first-order valence-electron chi connectivity index (χ1n) is 14.3. The van der Waals surface area contributed by atoms with Gasteiger partial charge in [0.2, 0.25) is 15.9 Å². The number of hydrogen-bond acceptors (Lipinski definition) is 8. The summed E-state index contributed by atoms with van der Waals surface area (Å²) in [6.07, 6.45) is -0.0484. The average Bonchev–Trinajstić information content (AvgIpc) is 3.45. The van der Waals surface area contributed by atoms with Crippen molar-refractivity contribution >= 4 is 33.7 Å². The third kappa shape index (κ3) is 7.11. The van der Waals surface area contributed by atoms with E-state index in [1.807, 2.05) is 14.0 Å². The van der Waals surface area contributed by atoms with Gasteiger partial charge in [-0.25, -0.2) is 18.0 Å². The van der Waals surface area contributed by atoms with Crippen LogP contribution in [-0.4, -0.2) is 98.5 Å². The first-order valence-corrected chi connectivity index (χ1v) is 15.7. The summed E-state index contributed by atoms with van der Waals surface area (Å²) < 4.78 is 39.3. The number of benzene rings is 2. The Bertz CT molecular complexity index is 1370. The summed E-state index contributed by atoms with van der Waals surface area (Å²) in [6.45, 7) is 9.68. The highest BCUT2D eigenvalue weighted by atomic mass is 32.2. The fourth-order valence-electron chi connectivity index (χ4n) is 5.09. The van der Waals surface area contributed by atoms with E-state index in [0.717, 1.165) is 18.7 Å². The molecule has 0 N–H and O–H groups in total. The molecule has 11 nitrogen and oxygen atoms in total. The van der Waals surface area contributed by atoms with Gasteiger partial charge in [0.1, 0.15) is 17.8 Å². The molecule has 0 bridgehead atoms. The molecule has 4 rings (SSSR count). The van der Waals surface area contributed by atoms with Gasteiger partial charge in [-0.1, -0.05) is 17.7 Å². The van der Waals surface area contributed by atoms with E-state index in [4.69, 9.17) is 9.47 Å². The number of amides is 2. The summed E-state index contributed by atoms with van der Waals surface area (Å²) in [7, 11) is -1.97. The van der Waals surface area contributed by atoms with Gasteiger partial charge in [-0.2, -0.15) is 4.31 Å². The minimum absolute atomic E-state index is 0.109. The third-order valence-corrected chi connectivity index (χ3v) is 9.44. The van der Waals surface area contributed by atoms with Gasteiger partial charge in [-0.3, -0.25) is 9.69 Å². The fraction of sp³-hybridized carbons (Fsp3) is 0.500. The van der Waals surface area contributed by atoms with Gasteiger partial charge in [-0.05, 0) is 84.0 Å². The fourth-order valence-corrected chi connectivity index (χ4v) is 6.74. The molecule has 2 aliphatic heterocycles. The second-order valence-corrected chi connectivity index (χ2v) is 13.0. The predicted molar refractivity (Wildman–Crippen MR) is 158 cm³/mol. The number of anilines is 1. The number of hydrogen-bond donors (Lipinski definition) is 0. The molecule has 2 amide bonds. The first kappa shape index (κ1) is 31.5. The van der Waals surface area contributed by atoms with E-state index in [2.05, 4.69) is 4.90 Å². The molecular formula is C30H40N4O7S. The van der Waals surface area contributed by atoms with Crippen LogP contribution in [0.2, 0.25) is 0 Å². The van der Waals surface area contributed by atoms with Crippen molar-refractivity contribution in [1.82, 2.24) is 14.1 Å². The smallest absolute Gasteiger partial charge is 0.415 e. The highest BCUT2D eigenvalue weighted by molar-refractivity contribution is 7.89. The number of piperazine rings is 1. The Balaban J connectivity index is 1.59. The minimum atomic E-state index is -3.96. The van der Waals surface area contributed by atoms with Crippen LogP contribution in [0.4, 0.5) is 10.5 Å². The zero-order chi connectivity index (χ0) is 30.6. The number of likely N-dealkylation sites (N-methyl/N-ethyl adjacent to an activating group) is 1. The Kier molecular flexibility index (Phi) is 9.90. The van der Waals surface area contributed by atoms with Crippen molar-refractivity contribution in [3.8, 4) is 5.75 Å². The number of carbonyl (C=O) groups is 3. The number of carbonyl (C=O) groups excluding carboxylic acids is 3. The number of sulfonamides is 1. The number of rotatable bonds is 8. The molecular weight excluding hydrogens is 560 g/mol. The maximum Gasteiger partial charge on any atom is 0.415 e. The van der Waals surface area contributed by atoms with Crippen molar-refractivity contribution in [2.45, 2.75) is 63.6 Å². The SMILES string of the molecule is Cc1ccc(S(=O)(=O)N2CCC[C@H]2C(=O)N(c2ccc(OC(=O)N3CCN(C)CC3)cc2)[C@@H](C)C(=O)OC(C)C)cc1. The van der Waals surface area contributed by atoms with Crippen LogP contribution in [0.5, 0.6) is 5.75 Å². The zero-order valence-electron chi connectivity index (χ0n) is 24.9. The molecule has 228 valence electrons. The van der Waals surface area contributed by atoms with Gasteiger partial charge in [0, 0.05) is 38.4 Å². The van der Waals surface area contributed by atoms with Crippen molar-refractivity contribution in [2.24, 2.45) is 0 Å². The monoisotopic (exact) mass is 600 g/mol. The summed E-state index contributed by atoms with van der Waals surface area (Å²) >= 11 is 0. The van der Waals surface area contributed by atoms with E-state index >= 15 is 0 Å². The molecule has 2 aliphatic rings. The highest BCUT2D eigenvalue weighted by Crippen LogP contribution is 2.31. The van der Waals surface area contributed by atoms with Crippen LogP contribution in [0.3, 0.4) is 0 Å². The molecule has 0 saturated carbocycles. The Morgan fingerprint density at radius 3 is 2.12 bits per heavy atom. The summed E-state index contributed by atoms with van der Waals surface area (Å²) in [5, 5.41) is 0. The molecule has 2 atom stereocenters. The first-order chi connectivity index (χ1) is 19.9. The Labute approximate surface area is 248 Å². The van der Waals surface area contributed by atoms with Crippen molar-refractivity contribution in [3.63, 3.8) is 0 Å². The van der Waals surface area contributed by atoms with E-state index < -0.39 is 46.2 Å². The van der Waals surface area contributed by atoms with Crippen LogP contribution in [0.1, 0.15) is 39.2 Å². The number of nitrogens with zero attached hydrogens (tertiary/aromatic N) is 4. The van der Waals surface area contributed by atoms with Crippen LogP contribution in [-0.2, 0) is 24.3 Å². The minimum Gasteiger partial charge on any atom is -0.461 e. The largest absolute Gasteiger partial charge is 0.461 e. The van der Waals surface area contributed by atoms with Gasteiger partial charge >= 0.3 is 12.1 Å². The van der Waals surface area contributed by atoms with Crippen LogP contribution < -0.4 is 9.64 Å². The molecule has 2 aromatic carbocycles. The van der Waals surface area contributed by atoms with Crippen LogP contribution >= 0.6 is 0 Å². The number of esters is 1. The molecule has 0 aromatic heterocycles. The molecule has 2 aromatic rings. The van der Waals surface area contributed by atoms with Gasteiger partial charge in [0.25, 0.3) is 0 Å². The maximum atomic E-state index is 14.1. The van der Waals surface area contributed by atoms with Crippen molar-refractivity contribution in [1.29, 1.82) is 0 Å². The molecule has 2 heterocycles. The Morgan fingerprint density at radius 1 is 0.905 bits per heavy atom. The molecule has 2 saturated heterocycles. The van der Waals surface area contributed by atoms with Crippen LogP contribution in [0, 0.1) is 6.92 Å². The van der Waals surface area contributed by atoms with E-state index in [0.29, 0.717) is 31.6 Å². The van der Waals surface area contributed by atoms with Gasteiger partial charge < -0.3 is 19.3 Å². The quantitative estimate of drug-likeness (QED) is 0.424. The Morgan fingerprint density at radius 2 is 1.52 bits per heavy atom. The highest BCUT2D eigenvalue weighted by Gasteiger charge is 2.43. The van der Waals surface area contributed by atoms with Gasteiger partial charge in [-0.15, -0.1) is 0 Å². The second-order valence-electron chi connectivity index (χ2n) is 11.1. The lowest BCUT2D eigenvalue weighted by atomic mass is 10.1. The topological polar surface area (TPSA) is 117 Å². The summed E-state index contributed by atoms with van der Waals surface area (Å²) in [5.41, 5.74) is 1.27. The molecule has 2 fully saturated rings. The van der Waals surface area contributed by atoms with Crippen molar-refractivity contribution in [2.75, 3.05) is 44.7 Å². The van der Waals surface area contributed by atoms with Gasteiger partial charge in [0.05, 0.1) is 11.0 Å². The predicted octanol–water partition coefficient (Wildman–Crippen LogP) is 3.27. The zero-order valence-corrected chi connectivity index (χ0v) is 25.7. The molecule has 0 spiro atoms. The normalized spacial score (nSPS) is 19.0. The molecule has 0 unspecified atom stereocenters.